The van der Waals surface area contributed by atoms with Crippen molar-refractivity contribution in [2.24, 2.45) is 0 Å². The molecule has 0 radical (unpaired) electrons. The van der Waals surface area contributed by atoms with Crippen LogP contribution in [0, 0.1) is 0 Å². The van der Waals surface area contributed by atoms with Gasteiger partial charge in [-0.25, -0.2) is 0 Å². The zero-order valence-electron chi connectivity index (χ0n) is 17.4. The van der Waals surface area contributed by atoms with Crippen molar-refractivity contribution in [2.75, 3.05) is 47.1 Å². The maximum atomic E-state index is 13.0. The summed E-state index contributed by atoms with van der Waals surface area (Å²) in [7, 11) is 3.22. The highest BCUT2D eigenvalue weighted by atomic mass is 16.5. The molecule has 1 aliphatic heterocycles. The topological polar surface area (TPSA) is 68.3 Å². The molecule has 2 rings (SSSR count). The molecule has 0 saturated heterocycles. The Kier molecular flexibility index (Phi) is 8.02. The average molecular weight is 390 g/mol. The van der Waals surface area contributed by atoms with Gasteiger partial charge in [-0.2, -0.15) is 0 Å². The number of likely N-dealkylation sites (N-methyl/N-ethyl adjacent to an activating group) is 1. The molecule has 0 fully saturated rings. The van der Waals surface area contributed by atoms with Crippen molar-refractivity contribution in [3.05, 3.63) is 35.5 Å². The molecule has 0 spiro atoms. The minimum absolute atomic E-state index is 0.0597. The van der Waals surface area contributed by atoms with E-state index >= 15 is 0 Å². The summed E-state index contributed by atoms with van der Waals surface area (Å²) in [5.74, 6) is 0.165. The van der Waals surface area contributed by atoms with Gasteiger partial charge in [0.15, 0.2) is 0 Å². The third-order valence-corrected chi connectivity index (χ3v) is 4.42. The predicted octanol–water partition coefficient (Wildman–Crippen LogP) is 2.17. The number of rotatable bonds is 11. The van der Waals surface area contributed by atoms with Crippen molar-refractivity contribution in [1.82, 2.24) is 9.80 Å². The Morgan fingerprint density at radius 1 is 0.964 bits per heavy atom. The second-order valence-electron chi connectivity index (χ2n) is 6.74. The highest BCUT2D eigenvalue weighted by Gasteiger charge is 2.40. The van der Waals surface area contributed by atoms with Crippen LogP contribution in [0.4, 0.5) is 0 Å². The SMILES string of the molecule is CCN1C(=O)C(c2ccc(OC(C)C)cc2)=C(N(CCOC)CCOC)C1=O. The fraction of sp³-hybridized carbons (Fsp3) is 0.524. The lowest BCUT2D eigenvalue weighted by molar-refractivity contribution is -0.137. The number of imide groups is 1. The molecule has 0 atom stereocenters. The molecule has 0 aliphatic carbocycles. The quantitative estimate of drug-likeness (QED) is 0.540. The Morgan fingerprint density at radius 2 is 1.54 bits per heavy atom. The smallest absolute Gasteiger partial charge is 0.277 e. The van der Waals surface area contributed by atoms with E-state index in [4.69, 9.17) is 14.2 Å². The maximum Gasteiger partial charge on any atom is 0.277 e. The van der Waals surface area contributed by atoms with E-state index in [1.807, 2.05) is 43.0 Å². The van der Waals surface area contributed by atoms with Crippen molar-refractivity contribution >= 4 is 17.4 Å². The van der Waals surface area contributed by atoms with Crippen LogP contribution >= 0.6 is 0 Å². The van der Waals surface area contributed by atoms with Crippen molar-refractivity contribution in [3.8, 4) is 5.75 Å². The Morgan fingerprint density at radius 3 is 2.00 bits per heavy atom. The second kappa shape index (κ2) is 10.2. The van der Waals surface area contributed by atoms with Crippen LogP contribution in [0.3, 0.4) is 0 Å². The number of methoxy groups -OCH3 is 2. The molecule has 0 aromatic heterocycles. The molecule has 1 aromatic carbocycles. The lowest BCUT2D eigenvalue weighted by atomic mass is 10.0. The lowest BCUT2D eigenvalue weighted by Gasteiger charge is -2.25. The molecule has 1 aromatic rings. The number of benzene rings is 1. The highest BCUT2D eigenvalue weighted by molar-refractivity contribution is 6.35. The molecule has 0 N–H and O–H groups in total. The molecule has 28 heavy (non-hydrogen) atoms. The molecule has 1 heterocycles. The predicted molar refractivity (Wildman–Crippen MR) is 107 cm³/mol. The third kappa shape index (κ3) is 4.91. The standard InChI is InChI=1S/C21H30N2O5/c1-6-23-20(24)18(16-7-9-17(10-8-16)28-15(2)3)19(21(23)25)22(11-13-26-4)12-14-27-5/h7-10,15H,6,11-14H2,1-5H3. The number of hydrogen-bond acceptors (Lipinski definition) is 6. The largest absolute Gasteiger partial charge is 0.491 e. The van der Waals surface area contributed by atoms with Crippen LogP contribution in [0.2, 0.25) is 0 Å². The highest BCUT2D eigenvalue weighted by Crippen LogP contribution is 2.32. The monoisotopic (exact) mass is 390 g/mol. The maximum absolute atomic E-state index is 13.0. The Hall–Kier alpha value is -2.38. The molecular weight excluding hydrogens is 360 g/mol. The van der Waals surface area contributed by atoms with Crippen LogP contribution in [0.5, 0.6) is 5.75 Å². The van der Waals surface area contributed by atoms with Gasteiger partial charge in [0.25, 0.3) is 11.8 Å². The van der Waals surface area contributed by atoms with Gasteiger partial charge in [0.05, 0.1) is 24.9 Å². The number of nitrogens with zero attached hydrogens (tertiary/aromatic N) is 2. The van der Waals surface area contributed by atoms with Crippen LogP contribution in [-0.4, -0.2) is 74.8 Å². The van der Waals surface area contributed by atoms with Crippen LogP contribution < -0.4 is 4.74 Å². The van der Waals surface area contributed by atoms with E-state index < -0.39 is 0 Å². The fourth-order valence-electron chi connectivity index (χ4n) is 3.11. The molecule has 0 bridgehead atoms. The van der Waals surface area contributed by atoms with E-state index in [2.05, 4.69) is 0 Å². The first-order valence-corrected chi connectivity index (χ1v) is 9.54. The van der Waals surface area contributed by atoms with Gasteiger partial charge in [0.2, 0.25) is 0 Å². The van der Waals surface area contributed by atoms with E-state index in [0.717, 1.165) is 5.75 Å². The van der Waals surface area contributed by atoms with Crippen LogP contribution in [-0.2, 0) is 19.1 Å². The molecule has 7 nitrogen and oxygen atoms in total. The molecule has 0 saturated carbocycles. The molecule has 1 aliphatic rings. The summed E-state index contributed by atoms with van der Waals surface area (Å²) in [6.45, 7) is 7.89. The van der Waals surface area contributed by atoms with Gasteiger partial charge >= 0.3 is 0 Å². The number of ether oxygens (including phenoxy) is 3. The average Bonchev–Trinajstić information content (AvgIpc) is 2.92. The van der Waals surface area contributed by atoms with Gasteiger partial charge in [0, 0.05) is 33.9 Å². The molecular formula is C21H30N2O5. The Labute approximate surface area is 166 Å². The molecule has 7 heteroatoms. The number of amides is 2. The van der Waals surface area contributed by atoms with Gasteiger partial charge in [0.1, 0.15) is 11.4 Å². The van der Waals surface area contributed by atoms with E-state index in [9.17, 15) is 9.59 Å². The Bertz CT molecular complexity index is 704. The first-order chi connectivity index (χ1) is 13.4. The van der Waals surface area contributed by atoms with Crippen molar-refractivity contribution in [1.29, 1.82) is 0 Å². The van der Waals surface area contributed by atoms with E-state index in [1.165, 1.54) is 4.90 Å². The normalized spacial score (nSPS) is 14.4. The summed E-state index contributed by atoms with van der Waals surface area (Å²) < 4.78 is 16.1. The third-order valence-electron chi connectivity index (χ3n) is 4.42. The summed E-state index contributed by atoms with van der Waals surface area (Å²) in [6.07, 6.45) is 0.0597. The van der Waals surface area contributed by atoms with Gasteiger partial charge in [-0.15, -0.1) is 0 Å². The first kappa shape index (κ1) is 21.9. The fourth-order valence-corrected chi connectivity index (χ4v) is 3.11. The lowest BCUT2D eigenvalue weighted by Crippen LogP contribution is -2.37. The van der Waals surface area contributed by atoms with E-state index in [-0.39, 0.29) is 17.9 Å². The van der Waals surface area contributed by atoms with Crippen molar-refractivity contribution in [2.45, 2.75) is 26.9 Å². The zero-order valence-corrected chi connectivity index (χ0v) is 17.4. The summed E-state index contributed by atoms with van der Waals surface area (Å²) in [5.41, 5.74) is 1.51. The second-order valence-corrected chi connectivity index (χ2v) is 6.74. The van der Waals surface area contributed by atoms with Gasteiger partial charge in [-0.3, -0.25) is 14.5 Å². The van der Waals surface area contributed by atoms with E-state index in [0.29, 0.717) is 49.7 Å². The van der Waals surface area contributed by atoms with Gasteiger partial charge in [-0.05, 0) is 38.5 Å². The van der Waals surface area contributed by atoms with Crippen LogP contribution in [0.25, 0.3) is 5.57 Å². The Balaban J connectivity index is 2.47. The summed E-state index contributed by atoms with van der Waals surface area (Å²) in [6, 6.07) is 7.28. The van der Waals surface area contributed by atoms with Crippen LogP contribution in [0.1, 0.15) is 26.3 Å². The summed E-state index contributed by atoms with van der Waals surface area (Å²) in [5, 5.41) is 0. The minimum Gasteiger partial charge on any atom is -0.491 e. The van der Waals surface area contributed by atoms with E-state index in [1.54, 1.807) is 21.1 Å². The molecule has 2 amide bonds. The van der Waals surface area contributed by atoms with Crippen LogP contribution in [0.15, 0.2) is 30.0 Å². The van der Waals surface area contributed by atoms with Crippen molar-refractivity contribution in [3.63, 3.8) is 0 Å². The zero-order chi connectivity index (χ0) is 20.7. The summed E-state index contributed by atoms with van der Waals surface area (Å²) >= 11 is 0. The van der Waals surface area contributed by atoms with Gasteiger partial charge in [-0.1, -0.05) is 12.1 Å². The molecule has 0 unspecified atom stereocenters. The number of carbonyl (C=O) groups is 2. The van der Waals surface area contributed by atoms with Gasteiger partial charge < -0.3 is 19.1 Å². The minimum atomic E-state index is -0.280. The summed E-state index contributed by atoms with van der Waals surface area (Å²) in [4.78, 5) is 29.2. The molecule has 154 valence electrons. The first-order valence-electron chi connectivity index (χ1n) is 9.54. The number of carbonyl (C=O) groups excluding carboxylic acids is 2. The number of hydrogen-bond donors (Lipinski definition) is 0. The van der Waals surface area contributed by atoms with Crippen molar-refractivity contribution < 1.29 is 23.8 Å².